The molecule has 2 atom stereocenters. The lowest BCUT2D eigenvalue weighted by Crippen LogP contribution is -2.18. The van der Waals surface area contributed by atoms with Gasteiger partial charge < -0.3 is 0 Å². The molecule has 0 aromatic rings. The average Bonchev–Trinajstić information content (AvgIpc) is 1.96. The van der Waals surface area contributed by atoms with E-state index in [1.807, 2.05) is 0 Å². The van der Waals surface area contributed by atoms with E-state index in [-0.39, 0.29) is 0 Å². The van der Waals surface area contributed by atoms with Crippen LogP contribution in [-0.4, -0.2) is 0 Å². The second-order valence-corrected chi connectivity index (χ2v) is 3.35. The smallest absolute Gasteiger partial charge is 0.0300 e. The van der Waals surface area contributed by atoms with Crippen LogP contribution in [-0.2, 0) is 0 Å². The van der Waals surface area contributed by atoms with Crippen LogP contribution in [0, 0.1) is 24.2 Å². The van der Waals surface area contributed by atoms with Gasteiger partial charge in [0.1, 0.15) is 0 Å². The quantitative estimate of drug-likeness (QED) is 0.364. The third-order valence-electron chi connectivity index (χ3n) is 2.45. The first kappa shape index (κ1) is 8.14. The van der Waals surface area contributed by atoms with Crippen LogP contribution in [0.25, 0.3) is 0 Å². The minimum Gasteiger partial charge on any atom is -0.120 e. The maximum Gasteiger partial charge on any atom is 0.0300 e. The Labute approximate surface area is 69.0 Å². The molecule has 1 rings (SSSR count). The summed E-state index contributed by atoms with van der Waals surface area (Å²) < 4.78 is 0. The summed E-state index contributed by atoms with van der Waals surface area (Å²) >= 11 is 0. The summed E-state index contributed by atoms with van der Waals surface area (Å²) in [5.74, 6) is 3.61. The van der Waals surface area contributed by atoms with Crippen LogP contribution in [0.3, 0.4) is 0 Å². The topological polar surface area (TPSA) is 0 Å². The Morgan fingerprint density at radius 1 is 1.55 bits per heavy atom. The molecule has 0 saturated heterocycles. The second-order valence-electron chi connectivity index (χ2n) is 3.35. The fourth-order valence-corrected chi connectivity index (χ4v) is 1.53. The molecule has 1 aliphatic rings. The molecular weight excluding hydrogens is 132 g/mol. The van der Waals surface area contributed by atoms with Gasteiger partial charge in [0, 0.05) is 5.92 Å². The molecule has 11 heavy (non-hydrogen) atoms. The molecule has 0 N–H and O–H groups in total. The highest BCUT2D eigenvalue weighted by molar-refractivity contribution is 5.22. The van der Waals surface area contributed by atoms with Gasteiger partial charge in [-0.3, -0.25) is 0 Å². The molecule has 1 aliphatic carbocycles. The first-order chi connectivity index (χ1) is 5.15. The van der Waals surface area contributed by atoms with Crippen LogP contribution < -0.4 is 0 Å². The Kier molecular flexibility index (Phi) is 2.19. The zero-order chi connectivity index (χ0) is 8.43. The van der Waals surface area contributed by atoms with Crippen molar-refractivity contribution in [2.75, 3.05) is 0 Å². The van der Waals surface area contributed by atoms with E-state index in [9.17, 15) is 0 Å². The lowest BCUT2D eigenvalue weighted by Gasteiger charge is -2.28. The first-order valence-corrected chi connectivity index (χ1v) is 3.95. The van der Waals surface area contributed by atoms with Gasteiger partial charge in [-0.05, 0) is 18.8 Å². The molecule has 0 aliphatic heterocycles. The van der Waals surface area contributed by atoms with Crippen molar-refractivity contribution in [3.63, 3.8) is 0 Å². The van der Waals surface area contributed by atoms with E-state index in [0.717, 1.165) is 12.8 Å². The third-order valence-corrected chi connectivity index (χ3v) is 2.45. The van der Waals surface area contributed by atoms with Crippen LogP contribution in [0.4, 0.5) is 0 Å². The Morgan fingerprint density at radius 2 is 2.18 bits per heavy atom. The molecule has 0 heteroatoms. The molecule has 1 fully saturated rings. The van der Waals surface area contributed by atoms with Crippen molar-refractivity contribution in [2.45, 2.75) is 19.8 Å². The first-order valence-electron chi connectivity index (χ1n) is 3.95. The molecule has 0 aromatic heterocycles. The number of hydrogen-bond donors (Lipinski definition) is 0. The fourth-order valence-electron chi connectivity index (χ4n) is 1.53. The van der Waals surface area contributed by atoms with Gasteiger partial charge in [0.2, 0.25) is 0 Å². The zero-order valence-electron chi connectivity index (χ0n) is 7.06. The Bertz CT molecular complexity index is 227. The Morgan fingerprint density at radius 3 is 2.73 bits per heavy atom. The van der Waals surface area contributed by atoms with Crippen LogP contribution in [0.2, 0.25) is 0 Å². The van der Waals surface area contributed by atoms with Gasteiger partial charge in [0.15, 0.2) is 0 Å². The van der Waals surface area contributed by atoms with E-state index in [0.29, 0.717) is 11.8 Å². The second kappa shape index (κ2) is 2.96. The van der Waals surface area contributed by atoms with Crippen molar-refractivity contribution in [3.8, 4) is 12.3 Å². The van der Waals surface area contributed by atoms with Crippen molar-refractivity contribution >= 4 is 0 Å². The summed E-state index contributed by atoms with van der Waals surface area (Å²) in [6.07, 6.45) is 7.34. The lowest BCUT2D eigenvalue weighted by molar-refractivity contribution is 0.457. The minimum absolute atomic E-state index is 0.337. The van der Waals surface area contributed by atoms with E-state index in [1.165, 1.54) is 11.1 Å². The molecule has 0 aromatic carbocycles. The van der Waals surface area contributed by atoms with Crippen molar-refractivity contribution in [1.82, 2.24) is 0 Å². The van der Waals surface area contributed by atoms with Crippen LogP contribution in [0.1, 0.15) is 19.8 Å². The minimum atomic E-state index is 0.337. The van der Waals surface area contributed by atoms with Gasteiger partial charge in [0.05, 0.1) is 0 Å². The predicted molar refractivity (Wildman–Crippen MR) is 49.0 cm³/mol. The summed E-state index contributed by atoms with van der Waals surface area (Å²) in [6.45, 7) is 10.1. The molecule has 0 amide bonds. The largest absolute Gasteiger partial charge is 0.120 e. The highest BCUT2D eigenvalue weighted by atomic mass is 14.3. The molecule has 58 valence electrons. The van der Waals surface area contributed by atoms with Gasteiger partial charge in [-0.25, -0.2) is 0 Å². The number of rotatable bonds is 0. The molecule has 0 spiro atoms. The average molecular weight is 146 g/mol. The molecule has 0 radical (unpaired) electrons. The van der Waals surface area contributed by atoms with Crippen molar-refractivity contribution in [2.24, 2.45) is 11.8 Å². The predicted octanol–water partition coefficient (Wildman–Crippen LogP) is 2.78. The summed E-state index contributed by atoms with van der Waals surface area (Å²) in [7, 11) is 0. The maximum absolute atomic E-state index is 5.39. The third kappa shape index (κ3) is 1.54. The van der Waals surface area contributed by atoms with Gasteiger partial charge in [-0.1, -0.05) is 31.2 Å². The van der Waals surface area contributed by atoms with Gasteiger partial charge in [-0.2, -0.15) is 0 Å². The summed E-state index contributed by atoms with van der Waals surface area (Å²) in [5, 5.41) is 0. The molecule has 0 bridgehead atoms. The fraction of sp³-hybridized carbons (Fsp3) is 0.455. The summed E-state index contributed by atoms with van der Waals surface area (Å²) in [4.78, 5) is 0. The molecule has 0 heterocycles. The zero-order valence-corrected chi connectivity index (χ0v) is 7.06. The molecule has 0 unspecified atom stereocenters. The van der Waals surface area contributed by atoms with Crippen molar-refractivity contribution in [3.05, 3.63) is 24.3 Å². The molecular formula is C11H14. The summed E-state index contributed by atoms with van der Waals surface area (Å²) in [5.41, 5.74) is 2.47. The standard InChI is InChI=1S/C11H14/c1-5-11-7-8(2)6-9(3)10(11)4/h1,10-11H,2-3,6-7H2,4H3/t10-,11+/m1/s1. The van der Waals surface area contributed by atoms with Crippen LogP contribution in [0.15, 0.2) is 24.3 Å². The van der Waals surface area contributed by atoms with Crippen molar-refractivity contribution in [1.29, 1.82) is 0 Å². The Hall–Kier alpha value is -0.960. The van der Waals surface area contributed by atoms with E-state index in [1.54, 1.807) is 0 Å². The molecule has 1 saturated carbocycles. The van der Waals surface area contributed by atoms with E-state index in [2.05, 4.69) is 26.0 Å². The van der Waals surface area contributed by atoms with Crippen LogP contribution >= 0.6 is 0 Å². The van der Waals surface area contributed by atoms with Gasteiger partial charge in [-0.15, -0.1) is 12.3 Å². The number of terminal acetylenes is 1. The number of hydrogen-bond acceptors (Lipinski definition) is 0. The van der Waals surface area contributed by atoms with Gasteiger partial charge in [0.25, 0.3) is 0 Å². The van der Waals surface area contributed by atoms with Gasteiger partial charge >= 0.3 is 0 Å². The highest BCUT2D eigenvalue weighted by Gasteiger charge is 2.23. The highest BCUT2D eigenvalue weighted by Crippen LogP contribution is 2.34. The maximum atomic E-state index is 5.39. The van der Waals surface area contributed by atoms with E-state index in [4.69, 9.17) is 6.42 Å². The Balaban J connectivity index is 2.76. The van der Waals surface area contributed by atoms with Crippen molar-refractivity contribution < 1.29 is 0 Å². The normalized spacial score (nSPS) is 31.6. The SMILES string of the molecule is C#C[C@H]1CC(=C)CC(=C)[C@H]1C. The van der Waals surface area contributed by atoms with E-state index >= 15 is 0 Å². The number of allylic oxidation sites excluding steroid dienone is 2. The summed E-state index contributed by atoms with van der Waals surface area (Å²) in [6, 6.07) is 0. The van der Waals surface area contributed by atoms with Crippen LogP contribution in [0.5, 0.6) is 0 Å². The lowest BCUT2D eigenvalue weighted by atomic mass is 9.76. The van der Waals surface area contributed by atoms with E-state index < -0.39 is 0 Å². The molecule has 0 nitrogen and oxygen atoms in total. The monoisotopic (exact) mass is 146 g/mol.